The number of benzene rings is 2. The van der Waals surface area contributed by atoms with Gasteiger partial charge < -0.3 is 5.32 Å². The first-order valence-electron chi connectivity index (χ1n) is 7.27. The first-order chi connectivity index (χ1) is 10.1. The molecule has 0 fully saturated rings. The first kappa shape index (κ1) is 15.6. The summed E-state index contributed by atoms with van der Waals surface area (Å²) < 4.78 is 27.9. The van der Waals surface area contributed by atoms with Gasteiger partial charge in [0, 0.05) is 18.5 Å². The lowest BCUT2D eigenvalue weighted by Gasteiger charge is -2.16. The topological polar surface area (TPSA) is 12.0 Å². The fourth-order valence-electron chi connectivity index (χ4n) is 2.32. The molecule has 2 aromatic rings. The van der Waals surface area contributed by atoms with Gasteiger partial charge in [-0.25, -0.2) is 8.78 Å². The van der Waals surface area contributed by atoms with Gasteiger partial charge in [-0.15, -0.1) is 0 Å². The molecule has 0 aliphatic carbocycles. The maximum absolute atomic E-state index is 13.9. The second kappa shape index (κ2) is 7.32. The number of halogens is 2. The van der Waals surface area contributed by atoms with Crippen molar-refractivity contribution >= 4 is 0 Å². The standard InChI is InChI=1S/C18H21F2N/c1-15-7-5-8-16(13-15)14-21-12-6-11-18(19,20)17-9-3-2-4-10-17/h2-5,7-10,13,21H,6,11-12,14H2,1H3. The summed E-state index contributed by atoms with van der Waals surface area (Å²) in [7, 11) is 0. The van der Waals surface area contributed by atoms with E-state index in [0.717, 1.165) is 6.54 Å². The van der Waals surface area contributed by atoms with E-state index in [4.69, 9.17) is 0 Å². The quantitative estimate of drug-likeness (QED) is 0.731. The number of alkyl halides is 2. The van der Waals surface area contributed by atoms with E-state index in [1.807, 2.05) is 25.1 Å². The van der Waals surface area contributed by atoms with Gasteiger partial charge in [0.25, 0.3) is 5.92 Å². The molecule has 0 saturated carbocycles. The van der Waals surface area contributed by atoms with Crippen molar-refractivity contribution in [2.45, 2.75) is 32.2 Å². The lowest BCUT2D eigenvalue weighted by Crippen LogP contribution is -2.19. The van der Waals surface area contributed by atoms with Crippen molar-refractivity contribution in [2.75, 3.05) is 6.54 Å². The zero-order valence-electron chi connectivity index (χ0n) is 12.3. The van der Waals surface area contributed by atoms with Crippen LogP contribution in [0.5, 0.6) is 0 Å². The Bertz CT molecular complexity index is 552. The third-order valence-electron chi connectivity index (χ3n) is 3.45. The lowest BCUT2D eigenvalue weighted by atomic mass is 10.0. The Morgan fingerprint density at radius 1 is 1.00 bits per heavy atom. The van der Waals surface area contributed by atoms with E-state index in [0.29, 0.717) is 13.0 Å². The molecule has 0 atom stereocenters. The van der Waals surface area contributed by atoms with E-state index in [9.17, 15) is 8.78 Å². The van der Waals surface area contributed by atoms with Crippen LogP contribution in [0, 0.1) is 6.92 Å². The van der Waals surface area contributed by atoms with Crippen LogP contribution in [0.2, 0.25) is 0 Å². The molecule has 2 rings (SSSR count). The van der Waals surface area contributed by atoms with Crippen LogP contribution < -0.4 is 5.32 Å². The van der Waals surface area contributed by atoms with Crippen LogP contribution in [0.25, 0.3) is 0 Å². The fraction of sp³-hybridized carbons (Fsp3) is 0.333. The average Bonchev–Trinajstić information content (AvgIpc) is 2.48. The molecule has 0 bridgehead atoms. The maximum atomic E-state index is 13.9. The predicted molar refractivity (Wildman–Crippen MR) is 82.5 cm³/mol. The van der Waals surface area contributed by atoms with Gasteiger partial charge in [0.15, 0.2) is 0 Å². The minimum atomic E-state index is -2.74. The average molecular weight is 289 g/mol. The number of aryl methyl sites for hydroxylation is 1. The maximum Gasteiger partial charge on any atom is 0.273 e. The van der Waals surface area contributed by atoms with Gasteiger partial charge in [-0.05, 0) is 25.5 Å². The van der Waals surface area contributed by atoms with Crippen molar-refractivity contribution in [2.24, 2.45) is 0 Å². The molecule has 2 aromatic carbocycles. The van der Waals surface area contributed by atoms with E-state index in [1.165, 1.54) is 23.3 Å². The minimum absolute atomic E-state index is 0.101. The Kier molecular flexibility index (Phi) is 5.45. The number of hydrogen-bond donors (Lipinski definition) is 1. The molecule has 1 N–H and O–H groups in total. The molecule has 0 heterocycles. The molecule has 0 radical (unpaired) electrons. The Morgan fingerprint density at radius 3 is 2.48 bits per heavy atom. The van der Waals surface area contributed by atoms with Crippen molar-refractivity contribution in [3.63, 3.8) is 0 Å². The molecule has 0 aromatic heterocycles. The highest BCUT2D eigenvalue weighted by atomic mass is 19.3. The fourth-order valence-corrected chi connectivity index (χ4v) is 2.32. The summed E-state index contributed by atoms with van der Waals surface area (Å²) in [6.45, 7) is 3.36. The Balaban J connectivity index is 1.72. The van der Waals surface area contributed by atoms with Crippen LogP contribution in [-0.4, -0.2) is 6.54 Å². The highest BCUT2D eigenvalue weighted by molar-refractivity contribution is 5.22. The summed E-state index contributed by atoms with van der Waals surface area (Å²) >= 11 is 0. The van der Waals surface area contributed by atoms with E-state index < -0.39 is 5.92 Å². The van der Waals surface area contributed by atoms with Gasteiger partial charge in [-0.3, -0.25) is 0 Å². The lowest BCUT2D eigenvalue weighted by molar-refractivity contribution is -0.0151. The van der Waals surface area contributed by atoms with E-state index in [-0.39, 0.29) is 12.0 Å². The molecule has 0 aliphatic rings. The Hall–Kier alpha value is -1.74. The van der Waals surface area contributed by atoms with Gasteiger partial charge in [0.1, 0.15) is 0 Å². The summed E-state index contributed by atoms with van der Waals surface area (Å²) in [6.07, 6.45) is 0.325. The summed E-state index contributed by atoms with van der Waals surface area (Å²) in [5, 5.41) is 3.22. The number of rotatable bonds is 7. The summed E-state index contributed by atoms with van der Waals surface area (Å²) in [5.74, 6) is -2.74. The van der Waals surface area contributed by atoms with Crippen LogP contribution in [-0.2, 0) is 12.5 Å². The van der Waals surface area contributed by atoms with Crippen molar-refractivity contribution in [3.05, 3.63) is 71.3 Å². The molecular formula is C18H21F2N. The third-order valence-corrected chi connectivity index (χ3v) is 3.45. The zero-order chi connectivity index (χ0) is 15.1. The molecule has 0 aliphatic heterocycles. The van der Waals surface area contributed by atoms with Gasteiger partial charge in [-0.2, -0.15) is 0 Å². The molecule has 0 spiro atoms. The molecular weight excluding hydrogens is 268 g/mol. The van der Waals surface area contributed by atoms with Crippen molar-refractivity contribution in [3.8, 4) is 0 Å². The predicted octanol–water partition coefficient (Wildman–Crippen LogP) is 4.66. The Labute approximate surface area is 125 Å². The second-order valence-corrected chi connectivity index (χ2v) is 5.34. The summed E-state index contributed by atoms with van der Waals surface area (Å²) in [5.41, 5.74) is 2.50. The molecule has 21 heavy (non-hydrogen) atoms. The molecule has 3 heteroatoms. The van der Waals surface area contributed by atoms with Crippen LogP contribution in [0.4, 0.5) is 8.78 Å². The monoisotopic (exact) mass is 289 g/mol. The molecule has 1 nitrogen and oxygen atoms in total. The van der Waals surface area contributed by atoms with Crippen LogP contribution >= 0.6 is 0 Å². The van der Waals surface area contributed by atoms with Gasteiger partial charge in [0.05, 0.1) is 0 Å². The highest BCUT2D eigenvalue weighted by Crippen LogP contribution is 2.32. The van der Waals surface area contributed by atoms with E-state index >= 15 is 0 Å². The minimum Gasteiger partial charge on any atom is -0.313 e. The second-order valence-electron chi connectivity index (χ2n) is 5.34. The largest absolute Gasteiger partial charge is 0.313 e. The van der Waals surface area contributed by atoms with Crippen LogP contribution in [0.3, 0.4) is 0 Å². The van der Waals surface area contributed by atoms with E-state index in [2.05, 4.69) is 11.4 Å². The van der Waals surface area contributed by atoms with Gasteiger partial charge in [-0.1, -0.05) is 60.2 Å². The van der Waals surface area contributed by atoms with Crippen molar-refractivity contribution in [1.29, 1.82) is 0 Å². The van der Waals surface area contributed by atoms with E-state index in [1.54, 1.807) is 18.2 Å². The third kappa shape index (κ3) is 4.94. The highest BCUT2D eigenvalue weighted by Gasteiger charge is 2.30. The van der Waals surface area contributed by atoms with Gasteiger partial charge in [0.2, 0.25) is 0 Å². The number of nitrogens with one attached hydrogen (secondary N) is 1. The zero-order valence-corrected chi connectivity index (χ0v) is 12.3. The number of hydrogen-bond acceptors (Lipinski definition) is 1. The smallest absolute Gasteiger partial charge is 0.273 e. The van der Waals surface area contributed by atoms with Crippen LogP contribution in [0.1, 0.15) is 29.5 Å². The molecule has 0 unspecified atom stereocenters. The Morgan fingerprint density at radius 2 is 1.76 bits per heavy atom. The molecule has 0 saturated heterocycles. The molecule has 112 valence electrons. The first-order valence-corrected chi connectivity index (χ1v) is 7.27. The summed E-state index contributed by atoms with van der Waals surface area (Å²) in [6, 6.07) is 16.2. The van der Waals surface area contributed by atoms with Crippen molar-refractivity contribution < 1.29 is 8.78 Å². The molecule has 0 amide bonds. The van der Waals surface area contributed by atoms with Crippen LogP contribution in [0.15, 0.2) is 54.6 Å². The van der Waals surface area contributed by atoms with Gasteiger partial charge >= 0.3 is 0 Å². The SMILES string of the molecule is Cc1cccc(CNCCCC(F)(F)c2ccccc2)c1. The normalized spacial score (nSPS) is 11.6. The van der Waals surface area contributed by atoms with Crippen molar-refractivity contribution in [1.82, 2.24) is 5.32 Å². The summed E-state index contributed by atoms with van der Waals surface area (Å²) in [4.78, 5) is 0.